The van der Waals surface area contributed by atoms with Gasteiger partial charge < -0.3 is 20.3 Å². The molecule has 0 aromatic heterocycles. The Morgan fingerprint density at radius 1 is 1.13 bits per heavy atom. The van der Waals surface area contributed by atoms with Crippen LogP contribution in [0.5, 0.6) is 5.75 Å². The van der Waals surface area contributed by atoms with E-state index >= 15 is 0 Å². The van der Waals surface area contributed by atoms with Crippen LogP contribution in [0.3, 0.4) is 0 Å². The SMILES string of the molecule is NC(=O)OC(COc1ccc(I)cc1)C[C@@H](O)c1ccccc1. The van der Waals surface area contributed by atoms with Gasteiger partial charge in [-0.15, -0.1) is 0 Å². The number of benzene rings is 2. The van der Waals surface area contributed by atoms with E-state index in [9.17, 15) is 9.90 Å². The van der Waals surface area contributed by atoms with Gasteiger partial charge >= 0.3 is 6.09 Å². The number of amides is 1. The second kappa shape index (κ2) is 8.73. The van der Waals surface area contributed by atoms with Crippen LogP contribution in [0.25, 0.3) is 0 Å². The molecule has 2 atom stereocenters. The van der Waals surface area contributed by atoms with Crippen LogP contribution in [-0.4, -0.2) is 23.9 Å². The number of carbonyl (C=O) groups is 1. The largest absolute Gasteiger partial charge is 0.490 e. The molecule has 5 nitrogen and oxygen atoms in total. The number of halogens is 1. The van der Waals surface area contributed by atoms with Gasteiger partial charge in [-0.3, -0.25) is 0 Å². The van der Waals surface area contributed by atoms with Crippen molar-refractivity contribution in [2.75, 3.05) is 6.61 Å². The van der Waals surface area contributed by atoms with E-state index < -0.39 is 18.3 Å². The highest BCUT2D eigenvalue weighted by molar-refractivity contribution is 14.1. The first-order chi connectivity index (χ1) is 11.0. The first kappa shape index (κ1) is 17.6. The predicted molar refractivity (Wildman–Crippen MR) is 95.1 cm³/mol. The quantitative estimate of drug-likeness (QED) is 0.665. The summed E-state index contributed by atoms with van der Waals surface area (Å²) < 4.78 is 11.8. The fraction of sp³-hybridized carbons (Fsp3) is 0.235. The van der Waals surface area contributed by atoms with Crippen LogP contribution in [0.1, 0.15) is 18.1 Å². The third-order valence-electron chi connectivity index (χ3n) is 3.20. The molecule has 122 valence electrons. The molecule has 0 fully saturated rings. The van der Waals surface area contributed by atoms with E-state index in [4.69, 9.17) is 15.2 Å². The molecule has 0 saturated heterocycles. The van der Waals surface area contributed by atoms with Gasteiger partial charge in [-0.2, -0.15) is 0 Å². The topological polar surface area (TPSA) is 81.8 Å². The number of rotatable bonds is 7. The van der Waals surface area contributed by atoms with Crippen LogP contribution in [0.4, 0.5) is 4.79 Å². The summed E-state index contributed by atoms with van der Waals surface area (Å²) in [5, 5.41) is 10.2. The number of primary amides is 1. The lowest BCUT2D eigenvalue weighted by molar-refractivity contribution is 0.0318. The van der Waals surface area contributed by atoms with Crippen molar-refractivity contribution in [3.05, 3.63) is 63.7 Å². The third-order valence-corrected chi connectivity index (χ3v) is 3.92. The summed E-state index contributed by atoms with van der Waals surface area (Å²) in [7, 11) is 0. The molecule has 0 aliphatic rings. The van der Waals surface area contributed by atoms with Gasteiger partial charge in [0.1, 0.15) is 18.5 Å². The fourth-order valence-corrected chi connectivity index (χ4v) is 2.45. The molecule has 2 aromatic rings. The molecular weight excluding hydrogens is 409 g/mol. The Morgan fingerprint density at radius 3 is 2.39 bits per heavy atom. The Morgan fingerprint density at radius 2 is 1.78 bits per heavy atom. The first-order valence-corrected chi connectivity index (χ1v) is 8.20. The molecule has 6 heteroatoms. The zero-order valence-electron chi connectivity index (χ0n) is 12.4. The minimum Gasteiger partial charge on any atom is -0.490 e. The average Bonchev–Trinajstić information content (AvgIpc) is 2.54. The molecule has 3 N–H and O–H groups in total. The monoisotopic (exact) mass is 427 g/mol. The second-order valence-corrected chi connectivity index (χ2v) is 6.23. The maximum atomic E-state index is 11.0. The van der Waals surface area contributed by atoms with Gasteiger partial charge in [0.2, 0.25) is 0 Å². The lowest BCUT2D eigenvalue weighted by Gasteiger charge is -2.20. The summed E-state index contributed by atoms with van der Waals surface area (Å²) in [4.78, 5) is 11.0. The molecule has 0 radical (unpaired) electrons. The van der Waals surface area contributed by atoms with Crippen LogP contribution in [0.15, 0.2) is 54.6 Å². The van der Waals surface area contributed by atoms with Crippen molar-refractivity contribution in [1.82, 2.24) is 0 Å². The molecule has 0 aliphatic heterocycles. The number of hydrogen-bond acceptors (Lipinski definition) is 4. The zero-order valence-corrected chi connectivity index (χ0v) is 14.5. The van der Waals surface area contributed by atoms with Crippen molar-refractivity contribution in [3.8, 4) is 5.75 Å². The van der Waals surface area contributed by atoms with Crippen LogP contribution in [-0.2, 0) is 4.74 Å². The van der Waals surface area contributed by atoms with Crippen molar-refractivity contribution in [2.24, 2.45) is 5.73 Å². The normalized spacial score (nSPS) is 13.1. The average molecular weight is 427 g/mol. The number of carbonyl (C=O) groups excluding carboxylic acids is 1. The lowest BCUT2D eigenvalue weighted by atomic mass is 10.0. The molecule has 1 unspecified atom stereocenters. The van der Waals surface area contributed by atoms with E-state index in [1.54, 1.807) is 0 Å². The minimum atomic E-state index is -0.888. The van der Waals surface area contributed by atoms with Gasteiger partial charge in [-0.25, -0.2) is 4.79 Å². The Bertz CT molecular complexity index is 618. The van der Waals surface area contributed by atoms with E-state index in [0.717, 1.165) is 9.13 Å². The van der Waals surface area contributed by atoms with Crippen molar-refractivity contribution in [1.29, 1.82) is 0 Å². The van der Waals surface area contributed by atoms with Crippen LogP contribution >= 0.6 is 22.6 Å². The minimum absolute atomic E-state index is 0.118. The first-order valence-electron chi connectivity index (χ1n) is 7.12. The van der Waals surface area contributed by atoms with E-state index in [2.05, 4.69) is 22.6 Å². The summed E-state index contributed by atoms with van der Waals surface area (Å²) in [5.74, 6) is 0.665. The van der Waals surface area contributed by atoms with Crippen molar-refractivity contribution < 1.29 is 19.4 Å². The number of hydrogen-bond donors (Lipinski definition) is 2. The summed E-state index contributed by atoms with van der Waals surface area (Å²) in [6, 6.07) is 16.7. The van der Waals surface area contributed by atoms with Gasteiger partial charge in [0.25, 0.3) is 0 Å². The number of aliphatic hydroxyl groups is 1. The van der Waals surface area contributed by atoms with E-state index in [1.165, 1.54) is 0 Å². The molecule has 0 heterocycles. The van der Waals surface area contributed by atoms with Crippen molar-refractivity contribution in [3.63, 3.8) is 0 Å². The molecule has 0 bridgehead atoms. The number of ether oxygens (including phenoxy) is 2. The highest BCUT2D eigenvalue weighted by Crippen LogP contribution is 2.21. The van der Waals surface area contributed by atoms with Crippen LogP contribution < -0.4 is 10.5 Å². The molecular formula is C17H18INO4. The lowest BCUT2D eigenvalue weighted by Crippen LogP contribution is -2.29. The fourth-order valence-electron chi connectivity index (χ4n) is 2.09. The Hall–Kier alpha value is -1.80. The predicted octanol–water partition coefficient (Wildman–Crippen LogP) is 3.26. The molecule has 2 aromatic carbocycles. The van der Waals surface area contributed by atoms with E-state index in [1.807, 2.05) is 54.6 Å². The number of aliphatic hydroxyl groups excluding tert-OH is 1. The molecule has 0 saturated carbocycles. The van der Waals surface area contributed by atoms with Gasteiger partial charge in [0, 0.05) is 9.99 Å². The summed E-state index contributed by atoms with van der Waals surface area (Å²) in [6.45, 7) is 0.118. The van der Waals surface area contributed by atoms with Gasteiger partial charge in [0.05, 0.1) is 6.10 Å². The molecule has 2 rings (SSSR count). The highest BCUT2D eigenvalue weighted by atomic mass is 127. The second-order valence-electron chi connectivity index (χ2n) is 4.99. The summed E-state index contributed by atoms with van der Waals surface area (Å²) >= 11 is 2.20. The third kappa shape index (κ3) is 6.07. The molecule has 1 amide bonds. The van der Waals surface area contributed by atoms with Gasteiger partial charge in [-0.1, -0.05) is 30.3 Å². The van der Waals surface area contributed by atoms with Gasteiger partial charge in [0.15, 0.2) is 0 Å². The Kier molecular flexibility index (Phi) is 6.66. The van der Waals surface area contributed by atoms with E-state index in [-0.39, 0.29) is 13.0 Å². The maximum absolute atomic E-state index is 11.0. The van der Waals surface area contributed by atoms with Gasteiger partial charge in [-0.05, 0) is 52.4 Å². The molecule has 0 aliphatic carbocycles. The standard InChI is InChI=1S/C17H18INO4/c18-13-6-8-14(9-7-13)22-11-15(23-17(19)21)10-16(20)12-4-2-1-3-5-12/h1-9,15-16,20H,10-11H2,(H2,19,21)/t15?,16-/m1/s1. The highest BCUT2D eigenvalue weighted by Gasteiger charge is 2.20. The number of nitrogens with two attached hydrogens (primary N) is 1. The summed E-state index contributed by atoms with van der Waals surface area (Å²) in [5.41, 5.74) is 5.85. The Labute approximate surface area is 148 Å². The molecule has 0 spiro atoms. The van der Waals surface area contributed by atoms with Crippen LogP contribution in [0, 0.1) is 3.57 Å². The smallest absolute Gasteiger partial charge is 0.404 e. The van der Waals surface area contributed by atoms with Crippen LogP contribution in [0.2, 0.25) is 0 Å². The molecule has 23 heavy (non-hydrogen) atoms. The summed E-state index contributed by atoms with van der Waals surface area (Å²) in [6.07, 6.45) is -2.08. The zero-order chi connectivity index (χ0) is 16.7. The van der Waals surface area contributed by atoms with E-state index in [0.29, 0.717) is 5.75 Å². The van der Waals surface area contributed by atoms with Crippen molar-refractivity contribution in [2.45, 2.75) is 18.6 Å². The van der Waals surface area contributed by atoms with Crippen molar-refractivity contribution >= 4 is 28.7 Å². The Balaban J connectivity index is 1.96. The maximum Gasteiger partial charge on any atom is 0.404 e.